The number of nitrogens with zero attached hydrogens (tertiary/aromatic N) is 1. The molecule has 104 valence electrons. The van der Waals surface area contributed by atoms with Crippen LogP contribution in [0.25, 0.3) is 0 Å². The van der Waals surface area contributed by atoms with E-state index in [1.807, 2.05) is 13.8 Å². The standard InChI is InChI=1S/C12H15ClN2O4/c1-7(2)19-6-12(16)14-10-5-9(13)11(15(17)18)4-8(10)3/h4-5,7H,6H2,1-3H3,(H,14,16). The molecule has 0 aliphatic heterocycles. The van der Waals surface area contributed by atoms with Gasteiger partial charge in [-0.3, -0.25) is 14.9 Å². The molecule has 19 heavy (non-hydrogen) atoms. The molecule has 1 aromatic rings. The molecule has 0 aliphatic carbocycles. The fraction of sp³-hybridized carbons (Fsp3) is 0.417. The number of carbonyl (C=O) groups excluding carboxylic acids is 1. The quantitative estimate of drug-likeness (QED) is 0.666. The van der Waals surface area contributed by atoms with Gasteiger partial charge in [-0.15, -0.1) is 0 Å². The Labute approximate surface area is 115 Å². The Hall–Kier alpha value is -1.66. The Kier molecular flexibility index (Phi) is 5.26. The molecule has 0 saturated heterocycles. The third kappa shape index (κ3) is 4.50. The van der Waals surface area contributed by atoms with Crippen LogP contribution in [0.2, 0.25) is 5.02 Å². The third-order valence-corrected chi connectivity index (χ3v) is 2.62. The first-order chi connectivity index (χ1) is 8.81. The number of anilines is 1. The lowest BCUT2D eigenvalue weighted by molar-refractivity contribution is -0.384. The summed E-state index contributed by atoms with van der Waals surface area (Å²) in [5, 5.41) is 13.3. The fourth-order valence-corrected chi connectivity index (χ4v) is 1.60. The van der Waals surface area contributed by atoms with E-state index in [4.69, 9.17) is 16.3 Å². The topological polar surface area (TPSA) is 81.5 Å². The Morgan fingerprint density at radius 3 is 2.68 bits per heavy atom. The minimum Gasteiger partial charge on any atom is -0.369 e. The Morgan fingerprint density at radius 2 is 2.16 bits per heavy atom. The maximum atomic E-state index is 11.6. The third-order valence-electron chi connectivity index (χ3n) is 2.31. The lowest BCUT2D eigenvalue weighted by atomic mass is 10.2. The predicted molar refractivity (Wildman–Crippen MR) is 72.6 cm³/mol. The summed E-state index contributed by atoms with van der Waals surface area (Å²) in [7, 11) is 0. The number of nitrogens with one attached hydrogen (secondary N) is 1. The van der Waals surface area contributed by atoms with E-state index in [0.717, 1.165) is 0 Å². The molecule has 1 amide bonds. The molecule has 7 heteroatoms. The van der Waals surface area contributed by atoms with Gasteiger partial charge in [0.2, 0.25) is 5.91 Å². The highest BCUT2D eigenvalue weighted by atomic mass is 35.5. The number of aryl methyl sites for hydroxylation is 1. The summed E-state index contributed by atoms with van der Waals surface area (Å²) in [4.78, 5) is 21.7. The number of carbonyl (C=O) groups is 1. The van der Waals surface area contributed by atoms with E-state index < -0.39 is 4.92 Å². The summed E-state index contributed by atoms with van der Waals surface area (Å²) in [5.74, 6) is -0.332. The van der Waals surface area contributed by atoms with Crippen LogP contribution < -0.4 is 5.32 Å². The van der Waals surface area contributed by atoms with E-state index in [9.17, 15) is 14.9 Å². The molecule has 6 nitrogen and oxygen atoms in total. The number of amides is 1. The Morgan fingerprint density at radius 1 is 1.53 bits per heavy atom. The maximum Gasteiger partial charge on any atom is 0.288 e. The van der Waals surface area contributed by atoms with Gasteiger partial charge in [0.25, 0.3) is 5.69 Å². The number of hydrogen-bond acceptors (Lipinski definition) is 4. The molecule has 0 aromatic heterocycles. The van der Waals surface area contributed by atoms with Crippen LogP contribution in [0.4, 0.5) is 11.4 Å². The lowest BCUT2D eigenvalue weighted by Crippen LogP contribution is -2.21. The van der Waals surface area contributed by atoms with Crippen molar-refractivity contribution in [2.24, 2.45) is 0 Å². The summed E-state index contributed by atoms with van der Waals surface area (Å²) in [5.41, 5.74) is 0.817. The number of ether oxygens (including phenoxy) is 1. The smallest absolute Gasteiger partial charge is 0.288 e. The Bertz CT molecular complexity index is 503. The van der Waals surface area contributed by atoms with Crippen molar-refractivity contribution in [2.75, 3.05) is 11.9 Å². The zero-order valence-corrected chi connectivity index (χ0v) is 11.7. The molecule has 1 N–H and O–H groups in total. The average Bonchev–Trinajstić information content (AvgIpc) is 2.30. The van der Waals surface area contributed by atoms with Crippen molar-refractivity contribution >= 4 is 28.9 Å². The minimum atomic E-state index is -0.567. The molecular formula is C12H15ClN2O4. The van der Waals surface area contributed by atoms with Gasteiger partial charge in [-0.1, -0.05) is 11.6 Å². The number of nitro benzene ring substituents is 1. The van der Waals surface area contributed by atoms with Crippen molar-refractivity contribution in [2.45, 2.75) is 26.9 Å². The van der Waals surface area contributed by atoms with E-state index in [0.29, 0.717) is 11.3 Å². The maximum absolute atomic E-state index is 11.6. The molecule has 0 fully saturated rings. The number of nitro groups is 1. The molecule has 0 atom stereocenters. The van der Waals surface area contributed by atoms with Crippen molar-refractivity contribution in [1.29, 1.82) is 0 Å². The fourth-order valence-electron chi connectivity index (χ4n) is 1.37. The first kappa shape index (κ1) is 15.4. The van der Waals surface area contributed by atoms with Crippen LogP contribution in [-0.4, -0.2) is 23.5 Å². The molecule has 0 unspecified atom stereocenters. The summed E-state index contributed by atoms with van der Waals surface area (Å²) in [6, 6.07) is 2.68. The Balaban J connectivity index is 2.82. The van der Waals surface area contributed by atoms with Crippen LogP contribution in [-0.2, 0) is 9.53 Å². The van der Waals surface area contributed by atoms with Crippen LogP contribution in [0.5, 0.6) is 0 Å². The van der Waals surface area contributed by atoms with E-state index in [2.05, 4.69) is 5.32 Å². The highest BCUT2D eigenvalue weighted by molar-refractivity contribution is 6.33. The minimum absolute atomic E-state index is 0.0179. The van der Waals surface area contributed by atoms with Gasteiger partial charge >= 0.3 is 0 Å². The predicted octanol–water partition coefficient (Wildman–Crippen LogP) is 2.92. The zero-order chi connectivity index (χ0) is 14.6. The van der Waals surface area contributed by atoms with Gasteiger partial charge in [-0.25, -0.2) is 0 Å². The van der Waals surface area contributed by atoms with E-state index >= 15 is 0 Å². The van der Waals surface area contributed by atoms with Crippen LogP contribution in [0.15, 0.2) is 12.1 Å². The molecule has 0 spiro atoms. The second kappa shape index (κ2) is 6.49. The summed E-state index contributed by atoms with van der Waals surface area (Å²) in [6.45, 7) is 5.22. The number of halogens is 1. The van der Waals surface area contributed by atoms with Crippen molar-refractivity contribution in [3.63, 3.8) is 0 Å². The average molecular weight is 287 g/mol. The van der Waals surface area contributed by atoms with E-state index in [1.54, 1.807) is 6.92 Å². The van der Waals surface area contributed by atoms with Gasteiger partial charge in [-0.2, -0.15) is 0 Å². The number of benzene rings is 1. The highest BCUT2D eigenvalue weighted by Gasteiger charge is 2.16. The van der Waals surface area contributed by atoms with Crippen LogP contribution in [0.1, 0.15) is 19.4 Å². The van der Waals surface area contributed by atoms with Crippen molar-refractivity contribution in [1.82, 2.24) is 0 Å². The van der Waals surface area contributed by atoms with Crippen molar-refractivity contribution in [3.05, 3.63) is 32.8 Å². The number of rotatable bonds is 5. The van der Waals surface area contributed by atoms with Gasteiger partial charge in [-0.05, 0) is 32.4 Å². The molecule has 0 saturated carbocycles. The summed E-state index contributed by atoms with van der Waals surface area (Å²) in [6.07, 6.45) is -0.0488. The first-order valence-electron chi connectivity index (χ1n) is 5.67. The molecule has 0 bridgehead atoms. The highest BCUT2D eigenvalue weighted by Crippen LogP contribution is 2.30. The van der Waals surface area contributed by atoms with Crippen LogP contribution >= 0.6 is 11.6 Å². The van der Waals surface area contributed by atoms with Crippen LogP contribution in [0.3, 0.4) is 0 Å². The molecular weight excluding hydrogens is 272 g/mol. The second-order valence-corrected chi connectivity index (χ2v) is 4.69. The van der Waals surface area contributed by atoms with Gasteiger partial charge < -0.3 is 10.1 Å². The lowest BCUT2D eigenvalue weighted by Gasteiger charge is -2.11. The molecule has 1 rings (SSSR count). The molecule has 0 radical (unpaired) electrons. The zero-order valence-electron chi connectivity index (χ0n) is 10.9. The SMILES string of the molecule is Cc1cc([N+](=O)[O-])c(Cl)cc1NC(=O)COC(C)C. The van der Waals surface area contributed by atoms with Gasteiger partial charge in [0.05, 0.1) is 11.0 Å². The first-order valence-corrected chi connectivity index (χ1v) is 6.05. The van der Waals surface area contributed by atoms with Crippen molar-refractivity contribution < 1.29 is 14.5 Å². The largest absolute Gasteiger partial charge is 0.369 e. The summed E-state index contributed by atoms with van der Waals surface area (Å²) < 4.78 is 5.15. The van der Waals surface area contributed by atoms with Crippen molar-refractivity contribution in [3.8, 4) is 0 Å². The van der Waals surface area contributed by atoms with Gasteiger partial charge in [0.1, 0.15) is 11.6 Å². The van der Waals surface area contributed by atoms with Gasteiger partial charge in [0.15, 0.2) is 0 Å². The van der Waals surface area contributed by atoms with Gasteiger partial charge in [0, 0.05) is 11.8 Å². The van der Waals surface area contributed by atoms with Crippen LogP contribution in [0, 0.1) is 17.0 Å². The molecule has 1 aromatic carbocycles. The molecule has 0 aliphatic rings. The number of hydrogen-bond donors (Lipinski definition) is 1. The summed E-state index contributed by atoms with van der Waals surface area (Å²) >= 11 is 5.78. The van der Waals surface area contributed by atoms with E-state index in [1.165, 1.54) is 12.1 Å². The molecule has 0 heterocycles. The second-order valence-electron chi connectivity index (χ2n) is 4.28. The van der Waals surface area contributed by atoms with E-state index in [-0.39, 0.29) is 29.3 Å². The monoisotopic (exact) mass is 286 g/mol. The normalized spacial score (nSPS) is 10.6.